The Bertz CT molecular complexity index is 1140. The lowest BCUT2D eigenvalue weighted by molar-refractivity contribution is 0.0729. The van der Waals surface area contributed by atoms with Gasteiger partial charge < -0.3 is 14.4 Å². The lowest BCUT2D eigenvalue weighted by Gasteiger charge is -2.32. The fraction of sp³-hybridized carbons (Fsp3) is 0.462. The monoisotopic (exact) mass is 448 g/mol. The van der Waals surface area contributed by atoms with Gasteiger partial charge in [-0.15, -0.1) is 0 Å². The minimum Gasteiger partial charge on any atom is -0.491 e. The van der Waals surface area contributed by atoms with Gasteiger partial charge >= 0.3 is 0 Å². The normalized spacial score (nSPS) is 19.2. The summed E-state index contributed by atoms with van der Waals surface area (Å²) in [6.07, 6.45) is 2.45. The number of nitrogens with zero attached hydrogens (tertiary/aromatic N) is 3. The number of methoxy groups -OCH3 is 1. The maximum absolute atomic E-state index is 13.4. The van der Waals surface area contributed by atoms with Crippen molar-refractivity contribution < 1.29 is 14.3 Å². The van der Waals surface area contributed by atoms with Crippen LogP contribution < -0.4 is 4.74 Å². The molecule has 7 heteroatoms. The number of ether oxygens (including phenoxy) is 2. The van der Waals surface area contributed by atoms with Crippen LogP contribution in [-0.4, -0.2) is 65.9 Å². The largest absolute Gasteiger partial charge is 0.491 e. The summed E-state index contributed by atoms with van der Waals surface area (Å²) >= 11 is 0. The molecule has 2 aliphatic rings. The molecule has 2 aromatic carbocycles. The summed E-state index contributed by atoms with van der Waals surface area (Å²) in [5, 5.41) is 8.21. The number of H-pyrrole nitrogens is 1. The lowest BCUT2D eigenvalue weighted by atomic mass is 9.98. The smallest absolute Gasteiger partial charge is 0.275 e. The highest BCUT2D eigenvalue weighted by atomic mass is 16.5. The van der Waals surface area contributed by atoms with Crippen molar-refractivity contribution in [3.05, 3.63) is 58.8 Å². The van der Waals surface area contributed by atoms with Crippen LogP contribution in [0.2, 0.25) is 0 Å². The highest BCUT2D eigenvalue weighted by molar-refractivity contribution is 6.04. The molecule has 1 N–H and O–H groups in total. The fourth-order valence-corrected chi connectivity index (χ4v) is 5.08. The molecule has 1 saturated heterocycles. The molecule has 0 saturated carbocycles. The lowest BCUT2D eigenvalue weighted by Crippen LogP contribution is -2.36. The maximum Gasteiger partial charge on any atom is 0.275 e. The Kier molecular flexibility index (Phi) is 6.33. The number of carbonyl (C=O) groups is 1. The van der Waals surface area contributed by atoms with Gasteiger partial charge in [0, 0.05) is 37.7 Å². The molecule has 174 valence electrons. The SMILES string of the molecule is COCC1CCCN(Cc2ccc3c(c2)CN(C(=O)c2n[nH]c4ccc(C)cc24)CCO3)C1. The second kappa shape index (κ2) is 9.53. The van der Waals surface area contributed by atoms with E-state index in [2.05, 4.69) is 33.3 Å². The number of piperidine rings is 1. The second-order valence-electron chi connectivity index (χ2n) is 9.34. The molecular formula is C26H32N4O3. The number of hydrogen-bond donors (Lipinski definition) is 1. The van der Waals surface area contributed by atoms with Gasteiger partial charge in [-0.3, -0.25) is 14.8 Å². The van der Waals surface area contributed by atoms with Crippen LogP contribution in [-0.2, 0) is 17.8 Å². The standard InChI is InChI=1S/C26H32N4O3/c1-18-5-7-23-22(12-18)25(28-27-23)26(31)30-10-11-33-24-8-6-19(13-21(24)16-30)14-29-9-3-4-20(15-29)17-32-2/h5-8,12-13,20H,3-4,9-11,14-17H2,1-2H3,(H,27,28). The zero-order chi connectivity index (χ0) is 22.8. The van der Waals surface area contributed by atoms with Crippen LogP contribution in [0, 0.1) is 12.8 Å². The summed E-state index contributed by atoms with van der Waals surface area (Å²) in [4.78, 5) is 17.8. The van der Waals surface area contributed by atoms with Crippen molar-refractivity contribution in [3.63, 3.8) is 0 Å². The van der Waals surface area contributed by atoms with Crippen LogP contribution in [0.15, 0.2) is 36.4 Å². The van der Waals surface area contributed by atoms with Crippen LogP contribution in [0.3, 0.4) is 0 Å². The van der Waals surface area contributed by atoms with Crippen molar-refractivity contribution in [1.29, 1.82) is 0 Å². The number of benzene rings is 2. The van der Waals surface area contributed by atoms with Gasteiger partial charge in [0.2, 0.25) is 0 Å². The molecule has 33 heavy (non-hydrogen) atoms. The Balaban J connectivity index is 1.33. The van der Waals surface area contributed by atoms with E-state index < -0.39 is 0 Å². The molecule has 3 heterocycles. The zero-order valence-electron chi connectivity index (χ0n) is 19.5. The zero-order valence-corrected chi connectivity index (χ0v) is 19.5. The first-order valence-electron chi connectivity index (χ1n) is 11.8. The molecule has 1 fully saturated rings. The van der Waals surface area contributed by atoms with E-state index >= 15 is 0 Å². The predicted molar refractivity (Wildman–Crippen MR) is 127 cm³/mol. The van der Waals surface area contributed by atoms with Crippen molar-refractivity contribution in [1.82, 2.24) is 20.0 Å². The van der Waals surface area contributed by atoms with Gasteiger partial charge in [-0.25, -0.2) is 0 Å². The van der Waals surface area contributed by atoms with E-state index in [-0.39, 0.29) is 5.91 Å². The topological polar surface area (TPSA) is 70.7 Å². The molecule has 3 aromatic rings. The summed E-state index contributed by atoms with van der Waals surface area (Å²) in [6, 6.07) is 12.4. The van der Waals surface area contributed by atoms with E-state index in [4.69, 9.17) is 9.47 Å². The van der Waals surface area contributed by atoms with Crippen LogP contribution in [0.1, 0.15) is 40.0 Å². The number of aryl methyl sites for hydroxylation is 1. The van der Waals surface area contributed by atoms with E-state index in [0.29, 0.717) is 31.3 Å². The Morgan fingerprint density at radius 3 is 3.03 bits per heavy atom. The molecule has 7 nitrogen and oxygen atoms in total. The van der Waals surface area contributed by atoms with Crippen LogP contribution in [0.4, 0.5) is 0 Å². The molecular weight excluding hydrogens is 416 g/mol. The number of amides is 1. The summed E-state index contributed by atoms with van der Waals surface area (Å²) < 4.78 is 11.4. The number of aromatic nitrogens is 2. The number of nitrogens with one attached hydrogen (secondary N) is 1. The molecule has 0 aliphatic carbocycles. The molecule has 0 bridgehead atoms. The van der Waals surface area contributed by atoms with Crippen molar-refractivity contribution in [2.45, 2.75) is 32.9 Å². The average molecular weight is 449 g/mol. The predicted octanol–water partition coefficient (Wildman–Crippen LogP) is 3.76. The molecule has 0 spiro atoms. The maximum atomic E-state index is 13.4. The average Bonchev–Trinajstić information content (AvgIpc) is 3.10. The van der Waals surface area contributed by atoms with Gasteiger partial charge in [0.05, 0.1) is 18.7 Å². The molecule has 1 unspecified atom stereocenters. The number of aromatic amines is 1. The quantitative estimate of drug-likeness (QED) is 0.644. The summed E-state index contributed by atoms with van der Waals surface area (Å²) in [5.74, 6) is 1.41. The van der Waals surface area contributed by atoms with Gasteiger partial charge in [0.25, 0.3) is 5.91 Å². The van der Waals surface area contributed by atoms with Crippen molar-refractivity contribution in [2.24, 2.45) is 5.92 Å². The van der Waals surface area contributed by atoms with Gasteiger partial charge in [0.15, 0.2) is 5.69 Å². The van der Waals surface area contributed by atoms with Gasteiger partial charge in [-0.2, -0.15) is 5.10 Å². The number of carbonyl (C=O) groups excluding carboxylic acids is 1. The first-order chi connectivity index (χ1) is 16.1. The van der Waals surface area contributed by atoms with E-state index in [1.807, 2.05) is 30.0 Å². The van der Waals surface area contributed by atoms with E-state index in [9.17, 15) is 4.79 Å². The van der Waals surface area contributed by atoms with Crippen molar-refractivity contribution in [2.75, 3.05) is 40.0 Å². The van der Waals surface area contributed by atoms with E-state index in [0.717, 1.165) is 54.0 Å². The minimum absolute atomic E-state index is 0.0628. The van der Waals surface area contributed by atoms with Gasteiger partial charge in [0.1, 0.15) is 12.4 Å². The minimum atomic E-state index is -0.0628. The number of fused-ring (bicyclic) bond motifs is 2. The Morgan fingerprint density at radius 2 is 2.15 bits per heavy atom. The highest BCUT2D eigenvalue weighted by Gasteiger charge is 2.25. The fourth-order valence-electron chi connectivity index (χ4n) is 5.08. The summed E-state index contributed by atoms with van der Waals surface area (Å²) in [5.41, 5.74) is 4.78. The Hall–Kier alpha value is -2.90. The van der Waals surface area contributed by atoms with Crippen molar-refractivity contribution >= 4 is 16.8 Å². The van der Waals surface area contributed by atoms with E-state index in [1.165, 1.54) is 18.4 Å². The van der Waals surface area contributed by atoms with Crippen LogP contribution in [0.5, 0.6) is 5.75 Å². The van der Waals surface area contributed by atoms with Crippen molar-refractivity contribution in [3.8, 4) is 5.75 Å². The number of rotatable bonds is 5. The van der Waals surface area contributed by atoms with Crippen LogP contribution >= 0.6 is 0 Å². The second-order valence-corrected chi connectivity index (χ2v) is 9.34. The summed E-state index contributed by atoms with van der Waals surface area (Å²) in [7, 11) is 1.78. The molecule has 0 radical (unpaired) electrons. The van der Waals surface area contributed by atoms with Gasteiger partial charge in [-0.05, 0) is 62.1 Å². The Labute approximate surface area is 194 Å². The third-order valence-electron chi connectivity index (χ3n) is 6.72. The number of hydrogen-bond acceptors (Lipinski definition) is 5. The van der Waals surface area contributed by atoms with Gasteiger partial charge in [-0.1, -0.05) is 17.7 Å². The highest BCUT2D eigenvalue weighted by Crippen LogP contribution is 2.28. The molecule has 2 aliphatic heterocycles. The molecule has 1 atom stereocenters. The number of likely N-dealkylation sites (tertiary alicyclic amines) is 1. The third-order valence-corrected chi connectivity index (χ3v) is 6.72. The molecule has 5 rings (SSSR count). The molecule has 1 amide bonds. The Morgan fingerprint density at radius 1 is 1.24 bits per heavy atom. The van der Waals surface area contributed by atoms with Crippen LogP contribution in [0.25, 0.3) is 10.9 Å². The third kappa shape index (κ3) is 4.75. The molecule has 1 aromatic heterocycles. The summed E-state index contributed by atoms with van der Waals surface area (Å²) in [6.45, 7) is 7.48. The van der Waals surface area contributed by atoms with E-state index in [1.54, 1.807) is 7.11 Å². The first kappa shape index (κ1) is 21.9. The first-order valence-corrected chi connectivity index (χ1v) is 11.8.